The Hall–Kier alpha value is -1.13. The topological polar surface area (TPSA) is 48.7 Å². The molecule has 4 nitrogen and oxygen atoms in total. The van der Waals surface area contributed by atoms with Gasteiger partial charge in [-0.05, 0) is 45.1 Å². The van der Waals surface area contributed by atoms with E-state index < -0.39 is 0 Å². The van der Waals surface area contributed by atoms with Crippen molar-refractivity contribution in [2.24, 2.45) is 11.1 Å². The largest absolute Gasteiger partial charge is 0.411 e. The molecular weight excluding hydrogens is 238 g/mol. The van der Waals surface area contributed by atoms with E-state index >= 15 is 0 Å². The molecule has 0 saturated carbocycles. The van der Waals surface area contributed by atoms with Crippen molar-refractivity contribution in [1.82, 2.24) is 9.88 Å². The van der Waals surface area contributed by atoms with E-state index in [1.54, 1.807) is 6.07 Å². The number of hydrogen-bond acceptors (Lipinski definition) is 4. The van der Waals surface area contributed by atoms with E-state index in [4.69, 9.17) is 11.6 Å². The zero-order chi connectivity index (χ0) is 12.3. The summed E-state index contributed by atoms with van der Waals surface area (Å²) in [5, 5.41) is 13.0. The van der Waals surface area contributed by atoms with Crippen molar-refractivity contribution < 1.29 is 5.21 Å². The number of nitrogens with zero attached hydrogens (tertiary/aromatic N) is 3. The molecule has 0 aliphatic carbocycles. The molecule has 0 amide bonds. The number of oxime groups is 1. The lowest BCUT2D eigenvalue weighted by molar-refractivity contribution is 0.246. The first-order valence-corrected chi connectivity index (χ1v) is 6.12. The first-order chi connectivity index (χ1) is 8.20. The summed E-state index contributed by atoms with van der Waals surface area (Å²) in [6.45, 7) is 2.04. The summed E-state index contributed by atoms with van der Waals surface area (Å²) in [7, 11) is 2.10. The third-order valence-corrected chi connectivity index (χ3v) is 3.40. The number of hydrogen-bond donors (Lipinski definition) is 1. The van der Waals surface area contributed by atoms with Crippen LogP contribution in [0.3, 0.4) is 0 Å². The van der Waals surface area contributed by atoms with Gasteiger partial charge in [0, 0.05) is 5.92 Å². The van der Waals surface area contributed by atoms with Crippen molar-refractivity contribution >= 4 is 17.3 Å². The molecule has 0 unspecified atom stereocenters. The average Bonchev–Trinajstić information content (AvgIpc) is 2.33. The summed E-state index contributed by atoms with van der Waals surface area (Å²) in [6.07, 6.45) is 1.98. The highest BCUT2D eigenvalue weighted by atomic mass is 35.5. The van der Waals surface area contributed by atoms with Gasteiger partial charge in [0.2, 0.25) is 0 Å². The van der Waals surface area contributed by atoms with E-state index in [1.165, 1.54) is 0 Å². The number of rotatable bonds is 2. The molecule has 0 bridgehead atoms. The van der Waals surface area contributed by atoms with E-state index in [0.29, 0.717) is 16.6 Å². The highest BCUT2D eigenvalue weighted by molar-refractivity contribution is 6.29. The lowest BCUT2D eigenvalue weighted by atomic mass is 9.90. The monoisotopic (exact) mass is 253 g/mol. The summed E-state index contributed by atoms with van der Waals surface area (Å²) < 4.78 is 0. The van der Waals surface area contributed by atoms with Crippen molar-refractivity contribution in [3.8, 4) is 0 Å². The number of piperidine rings is 1. The molecule has 1 N–H and O–H groups in total. The Morgan fingerprint density at radius 2 is 2.18 bits per heavy atom. The van der Waals surface area contributed by atoms with Crippen LogP contribution in [0.5, 0.6) is 0 Å². The summed E-state index contributed by atoms with van der Waals surface area (Å²) in [5.41, 5.74) is 1.33. The number of likely N-dealkylation sites (tertiary alicyclic amines) is 1. The second kappa shape index (κ2) is 5.47. The van der Waals surface area contributed by atoms with Gasteiger partial charge < -0.3 is 10.1 Å². The third kappa shape index (κ3) is 2.96. The van der Waals surface area contributed by atoms with E-state index in [9.17, 15) is 5.21 Å². The highest BCUT2D eigenvalue weighted by Crippen LogP contribution is 2.21. The molecule has 5 heteroatoms. The molecule has 2 rings (SSSR count). The van der Waals surface area contributed by atoms with Gasteiger partial charge in [-0.15, -0.1) is 0 Å². The van der Waals surface area contributed by atoms with E-state index in [0.717, 1.165) is 25.9 Å². The molecule has 1 aromatic rings. The predicted molar refractivity (Wildman–Crippen MR) is 67.8 cm³/mol. The van der Waals surface area contributed by atoms with Gasteiger partial charge in [0.05, 0.1) is 5.69 Å². The number of halogens is 1. The third-order valence-electron chi connectivity index (χ3n) is 3.19. The van der Waals surface area contributed by atoms with Crippen molar-refractivity contribution in [3.05, 3.63) is 29.0 Å². The Balaban J connectivity index is 2.17. The van der Waals surface area contributed by atoms with Crippen molar-refractivity contribution in [3.63, 3.8) is 0 Å². The van der Waals surface area contributed by atoms with Gasteiger partial charge in [-0.2, -0.15) is 0 Å². The lowest BCUT2D eigenvalue weighted by Crippen LogP contribution is -2.34. The molecule has 92 valence electrons. The maximum Gasteiger partial charge on any atom is 0.129 e. The molecule has 1 fully saturated rings. The molecule has 1 saturated heterocycles. The van der Waals surface area contributed by atoms with Gasteiger partial charge in [-0.3, -0.25) is 0 Å². The first kappa shape index (κ1) is 12.3. The SMILES string of the molecule is CN1CCC(/C(=N/O)c2cccc(Cl)n2)CC1. The van der Waals surface area contributed by atoms with Crippen molar-refractivity contribution in [2.75, 3.05) is 20.1 Å². The average molecular weight is 254 g/mol. The van der Waals surface area contributed by atoms with E-state index in [1.807, 2.05) is 12.1 Å². The minimum absolute atomic E-state index is 0.266. The number of aromatic nitrogens is 1. The Bertz CT molecular complexity index is 414. The van der Waals surface area contributed by atoms with Gasteiger partial charge in [-0.1, -0.05) is 22.8 Å². The van der Waals surface area contributed by atoms with Crippen LogP contribution in [0.4, 0.5) is 0 Å². The maximum atomic E-state index is 9.18. The van der Waals surface area contributed by atoms with Crippen LogP contribution in [0.25, 0.3) is 0 Å². The second-order valence-electron chi connectivity index (χ2n) is 4.41. The Morgan fingerprint density at radius 1 is 1.47 bits per heavy atom. The second-order valence-corrected chi connectivity index (χ2v) is 4.80. The van der Waals surface area contributed by atoms with Crippen LogP contribution in [-0.2, 0) is 0 Å². The van der Waals surface area contributed by atoms with Crippen LogP contribution < -0.4 is 0 Å². The minimum atomic E-state index is 0.266. The standard InChI is InChI=1S/C12H16ClN3O/c1-16-7-5-9(6-8-16)12(15-17)10-3-2-4-11(13)14-10/h2-4,9,17H,5-8H2,1H3/b15-12-. The van der Waals surface area contributed by atoms with Gasteiger partial charge >= 0.3 is 0 Å². The van der Waals surface area contributed by atoms with Crippen LogP contribution in [0, 0.1) is 5.92 Å². The Morgan fingerprint density at radius 3 is 2.76 bits per heavy atom. The summed E-state index contributed by atoms with van der Waals surface area (Å²) >= 11 is 5.85. The smallest absolute Gasteiger partial charge is 0.129 e. The fourth-order valence-corrected chi connectivity index (χ4v) is 2.34. The van der Waals surface area contributed by atoms with Crippen LogP contribution in [0.2, 0.25) is 5.15 Å². The molecule has 1 aliphatic heterocycles. The molecular formula is C12H16ClN3O. The van der Waals surface area contributed by atoms with E-state index in [-0.39, 0.29) is 5.92 Å². The van der Waals surface area contributed by atoms with Crippen LogP contribution in [-0.4, -0.2) is 40.9 Å². The quantitative estimate of drug-likeness (QED) is 0.381. The van der Waals surface area contributed by atoms with Crippen LogP contribution >= 0.6 is 11.6 Å². The fourth-order valence-electron chi connectivity index (χ4n) is 2.17. The van der Waals surface area contributed by atoms with Crippen molar-refractivity contribution in [1.29, 1.82) is 0 Å². The molecule has 0 spiro atoms. The van der Waals surface area contributed by atoms with E-state index in [2.05, 4.69) is 22.1 Å². The number of pyridine rings is 1. The highest BCUT2D eigenvalue weighted by Gasteiger charge is 2.24. The first-order valence-electron chi connectivity index (χ1n) is 5.74. The predicted octanol–water partition coefficient (Wildman–Crippen LogP) is 2.26. The Labute approximate surface area is 106 Å². The van der Waals surface area contributed by atoms with Gasteiger partial charge in [0.25, 0.3) is 0 Å². The zero-order valence-corrected chi connectivity index (χ0v) is 10.6. The summed E-state index contributed by atoms with van der Waals surface area (Å²) in [4.78, 5) is 6.47. The molecule has 0 atom stereocenters. The molecule has 0 aromatic carbocycles. The van der Waals surface area contributed by atoms with Gasteiger partial charge in [-0.25, -0.2) is 4.98 Å². The minimum Gasteiger partial charge on any atom is -0.411 e. The summed E-state index contributed by atoms with van der Waals surface area (Å²) in [5.74, 6) is 0.266. The van der Waals surface area contributed by atoms with Gasteiger partial charge in [0.1, 0.15) is 10.9 Å². The van der Waals surface area contributed by atoms with Crippen LogP contribution in [0.15, 0.2) is 23.4 Å². The lowest BCUT2D eigenvalue weighted by Gasteiger charge is -2.28. The Kier molecular flexibility index (Phi) is 3.97. The molecule has 0 radical (unpaired) electrons. The zero-order valence-electron chi connectivity index (χ0n) is 9.80. The molecule has 17 heavy (non-hydrogen) atoms. The molecule has 1 aromatic heterocycles. The normalized spacial score (nSPS) is 19.5. The van der Waals surface area contributed by atoms with Gasteiger partial charge in [0.15, 0.2) is 0 Å². The van der Waals surface area contributed by atoms with Crippen LogP contribution in [0.1, 0.15) is 18.5 Å². The molecule has 2 heterocycles. The summed E-state index contributed by atoms with van der Waals surface area (Å²) in [6, 6.07) is 5.37. The maximum absolute atomic E-state index is 9.18. The fraction of sp³-hybridized carbons (Fsp3) is 0.500. The van der Waals surface area contributed by atoms with Crippen molar-refractivity contribution in [2.45, 2.75) is 12.8 Å². The molecule has 1 aliphatic rings.